The molecule has 17 heavy (non-hydrogen) atoms. The summed E-state index contributed by atoms with van der Waals surface area (Å²) in [6, 6.07) is 9.39. The van der Waals surface area contributed by atoms with Gasteiger partial charge in [0, 0.05) is 18.0 Å². The highest BCUT2D eigenvalue weighted by Gasteiger charge is 2.10. The fraction of sp³-hybridized carbons (Fsp3) is 0.286. The van der Waals surface area contributed by atoms with Gasteiger partial charge in [-0.2, -0.15) is 0 Å². The summed E-state index contributed by atoms with van der Waals surface area (Å²) in [6.07, 6.45) is 2.12. The van der Waals surface area contributed by atoms with Gasteiger partial charge in [-0.05, 0) is 18.1 Å². The highest BCUT2D eigenvalue weighted by Crippen LogP contribution is 2.23. The number of para-hydroxylation sites is 1. The van der Waals surface area contributed by atoms with E-state index in [1.165, 1.54) is 0 Å². The molecule has 1 aromatic carbocycles. The first-order valence-corrected chi connectivity index (χ1v) is 5.71. The first-order chi connectivity index (χ1) is 8.16. The number of hydrogen-bond acceptors (Lipinski definition) is 3. The van der Waals surface area contributed by atoms with Crippen LogP contribution in [0.15, 0.2) is 36.5 Å². The van der Waals surface area contributed by atoms with E-state index >= 15 is 0 Å². The van der Waals surface area contributed by atoms with Gasteiger partial charge in [0.1, 0.15) is 5.52 Å². The molecule has 2 rings (SSSR count). The molecule has 0 aliphatic heterocycles. The van der Waals surface area contributed by atoms with E-state index in [0.717, 1.165) is 10.9 Å². The number of aromatic nitrogens is 1. The Bertz CT molecular complexity index is 529. The summed E-state index contributed by atoms with van der Waals surface area (Å²) < 4.78 is 5.34. The first kappa shape index (κ1) is 11.6. The maximum absolute atomic E-state index is 11.6. The number of benzene rings is 1. The number of ether oxygens (including phenoxy) is 1. The second kappa shape index (κ2) is 4.95. The molecular formula is C14H15NO2. The van der Waals surface area contributed by atoms with Crippen LogP contribution in [0.5, 0.6) is 5.75 Å². The smallest absolute Gasteiger partial charge is 0.311 e. The van der Waals surface area contributed by atoms with Gasteiger partial charge in [-0.3, -0.25) is 9.78 Å². The zero-order chi connectivity index (χ0) is 12.3. The summed E-state index contributed by atoms with van der Waals surface area (Å²) in [7, 11) is 0. The molecule has 0 unspecified atom stereocenters. The first-order valence-electron chi connectivity index (χ1n) is 5.71. The molecule has 0 saturated carbocycles. The zero-order valence-corrected chi connectivity index (χ0v) is 10.0. The predicted molar refractivity (Wildman–Crippen MR) is 66.8 cm³/mol. The van der Waals surface area contributed by atoms with E-state index in [1.54, 1.807) is 12.3 Å². The highest BCUT2D eigenvalue weighted by molar-refractivity contribution is 5.86. The van der Waals surface area contributed by atoms with Crippen molar-refractivity contribution in [1.82, 2.24) is 4.98 Å². The van der Waals surface area contributed by atoms with Gasteiger partial charge in [0.25, 0.3) is 0 Å². The van der Waals surface area contributed by atoms with Crippen LogP contribution < -0.4 is 4.74 Å². The lowest BCUT2D eigenvalue weighted by Crippen LogP contribution is -2.11. The summed E-state index contributed by atoms with van der Waals surface area (Å²) in [5, 5.41) is 0.974. The SMILES string of the molecule is CC(C)CC(=O)Oc1cccc2cccnc12. The van der Waals surface area contributed by atoms with Crippen LogP contribution in [0, 0.1) is 5.92 Å². The van der Waals surface area contributed by atoms with Crippen molar-refractivity contribution in [3.8, 4) is 5.75 Å². The zero-order valence-electron chi connectivity index (χ0n) is 10.0. The van der Waals surface area contributed by atoms with E-state index in [1.807, 2.05) is 38.1 Å². The average Bonchev–Trinajstić information content (AvgIpc) is 2.28. The number of pyridine rings is 1. The Labute approximate surface area is 100 Å². The van der Waals surface area contributed by atoms with Crippen LogP contribution in [0.3, 0.4) is 0 Å². The number of nitrogens with zero attached hydrogens (tertiary/aromatic N) is 1. The minimum Gasteiger partial charge on any atom is -0.424 e. The maximum atomic E-state index is 11.6. The molecule has 3 heteroatoms. The van der Waals surface area contributed by atoms with E-state index in [4.69, 9.17) is 4.74 Å². The third-order valence-corrected chi connectivity index (χ3v) is 2.39. The number of esters is 1. The molecule has 0 aliphatic rings. The Hall–Kier alpha value is -1.90. The van der Waals surface area contributed by atoms with E-state index in [0.29, 0.717) is 18.1 Å². The van der Waals surface area contributed by atoms with Crippen LogP contribution in [-0.2, 0) is 4.79 Å². The molecule has 0 bridgehead atoms. The Morgan fingerprint density at radius 3 is 2.82 bits per heavy atom. The fourth-order valence-corrected chi connectivity index (χ4v) is 1.66. The van der Waals surface area contributed by atoms with Gasteiger partial charge in [0.15, 0.2) is 5.75 Å². The predicted octanol–water partition coefficient (Wildman–Crippen LogP) is 3.19. The summed E-state index contributed by atoms with van der Waals surface area (Å²) in [4.78, 5) is 15.9. The second-order valence-corrected chi connectivity index (χ2v) is 4.40. The van der Waals surface area contributed by atoms with Gasteiger partial charge in [0.2, 0.25) is 0 Å². The number of hydrogen-bond donors (Lipinski definition) is 0. The Morgan fingerprint density at radius 1 is 1.29 bits per heavy atom. The van der Waals surface area contributed by atoms with Crippen molar-refractivity contribution >= 4 is 16.9 Å². The number of fused-ring (bicyclic) bond motifs is 1. The van der Waals surface area contributed by atoms with Crippen LogP contribution in [-0.4, -0.2) is 11.0 Å². The number of rotatable bonds is 3. The lowest BCUT2D eigenvalue weighted by atomic mass is 10.1. The number of carbonyl (C=O) groups is 1. The molecule has 88 valence electrons. The third-order valence-electron chi connectivity index (χ3n) is 2.39. The summed E-state index contributed by atoms with van der Waals surface area (Å²) in [5.74, 6) is 0.623. The fourth-order valence-electron chi connectivity index (χ4n) is 1.66. The van der Waals surface area contributed by atoms with E-state index in [-0.39, 0.29) is 5.97 Å². The molecule has 0 amide bonds. The standard InChI is InChI=1S/C14H15NO2/c1-10(2)9-13(16)17-12-7-3-5-11-6-4-8-15-14(11)12/h3-8,10H,9H2,1-2H3. The van der Waals surface area contributed by atoms with E-state index in [9.17, 15) is 4.79 Å². The highest BCUT2D eigenvalue weighted by atomic mass is 16.5. The van der Waals surface area contributed by atoms with E-state index < -0.39 is 0 Å². The van der Waals surface area contributed by atoms with Crippen molar-refractivity contribution in [2.45, 2.75) is 20.3 Å². The average molecular weight is 229 g/mol. The van der Waals surface area contributed by atoms with Crippen molar-refractivity contribution in [2.24, 2.45) is 5.92 Å². The maximum Gasteiger partial charge on any atom is 0.311 e. The van der Waals surface area contributed by atoms with Gasteiger partial charge in [-0.1, -0.05) is 32.0 Å². The molecule has 0 spiro atoms. The van der Waals surface area contributed by atoms with Crippen molar-refractivity contribution in [1.29, 1.82) is 0 Å². The second-order valence-electron chi connectivity index (χ2n) is 4.40. The Kier molecular flexibility index (Phi) is 3.38. The van der Waals surface area contributed by atoms with Crippen molar-refractivity contribution < 1.29 is 9.53 Å². The lowest BCUT2D eigenvalue weighted by Gasteiger charge is -2.08. The molecule has 2 aromatic rings. The summed E-state index contributed by atoms with van der Waals surface area (Å²) in [6.45, 7) is 3.98. The van der Waals surface area contributed by atoms with Crippen molar-refractivity contribution in [3.63, 3.8) is 0 Å². The number of carbonyl (C=O) groups excluding carboxylic acids is 1. The van der Waals surface area contributed by atoms with Gasteiger partial charge < -0.3 is 4.74 Å². The lowest BCUT2D eigenvalue weighted by molar-refractivity contribution is -0.135. The van der Waals surface area contributed by atoms with E-state index in [2.05, 4.69) is 4.98 Å². The molecule has 1 aromatic heterocycles. The van der Waals surface area contributed by atoms with Gasteiger partial charge in [0.05, 0.1) is 0 Å². The normalized spacial score (nSPS) is 10.8. The van der Waals surface area contributed by atoms with Crippen molar-refractivity contribution in [2.75, 3.05) is 0 Å². The minimum atomic E-state index is -0.210. The molecule has 0 radical (unpaired) electrons. The minimum absolute atomic E-state index is 0.210. The quantitative estimate of drug-likeness (QED) is 0.599. The molecule has 0 atom stereocenters. The Balaban J connectivity index is 2.27. The van der Waals surface area contributed by atoms with Gasteiger partial charge in [-0.15, -0.1) is 0 Å². The third kappa shape index (κ3) is 2.81. The van der Waals surface area contributed by atoms with Crippen LogP contribution in [0.4, 0.5) is 0 Å². The van der Waals surface area contributed by atoms with Crippen LogP contribution in [0.2, 0.25) is 0 Å². The summed E-state index contributed by atoms with van der Waals surface area (Å²) in [5.41, 5.74) is 0.729. The summed E-state index contributed by atoms with van der Waals surface area (Å²) >= 11 is 0. The van der Waals surface area contributed by atoms with Gasteiger partial charge >= 0.3 is 5.97 Å². The molecule has 0 saturated heterocycles. The van der Waals surface area contributed by atoms with Crippen LogP contribution in [0.25, 0.3) is 10.9 Å². The molecular weight excluding hydrogens is 214 g/mol. The van der Waals surface area contributed by atoms with Crippen molar-refractivity contribution in [3.05, 3.63) is 36.5 Å². The monoisotopic (exact) mass is 229 g/mol. The van der Waals surface area contributed by atoms with Crippen LogP contribution >= 0.6 is 0 Å². The Morgan fingerprint density at radius 2 is 2.06 bits per heavy atom. The molecule has 0 fully saturated rings. The largest absolute Gasteiger partial charge is 0.424 e. The molecule has 0 N–H and O–H groups in total. The molecule has 3 nitrogen and oxygen atoms in total. The van der Waals surface area contributed by atoms with Gasteiger partial charge in [-0.25, -0.2) is 0 Å². The molecule has 1 heterocycles. The topological polar surface area (TPSA) is 39.2 Å². The molecule has 0 aliphatic carbocycles. The van der Waals surface area contributed by atoms with Crippen LogP contribution in [0.1, 0.15) is 20.3 Å².